The summed E-state index contributed by atoms with van der Waals surface area (Å²) < 4.78 is 1.60. The Morgan fingerprint density at radius 3 is 2.64 bits per heavy atom. The summed E-state index contributed by atoms with van der Waals surface area (Å²) >= 11 is 2.71. The van der Waals surface area contributed by atoms with E-state index < -0.39 is 0 Å². The van der Waals surface area contributed by atoms with E-state index in [0.717, 1.165) is 10.4 Å². The maximum absolute atomic E-state index is 12.7. The van der Waals surface area contributed by atoms with Crippen molar-refractivity contribution in [2.45, 2.75) is 32.5 Å². The topological polar surface area (TPSA) is 84.3 Å². The molecule has 2 amide bonds. The Balaban J connectivity index is 2.25. The predicted molar refractivity (Wildman–Crippen MR) is 101 cm³/mol. The third-order valence-electron chi connectivity index (χ3n) is 3.98. The lowest BCUT2D eigenvalue weighted by molar-refractivity contribution is -0.132. The van der Waals surface area contributed by atoms with Crippen LogP contribution in [0.5, 0.6) is 0 Å². The molecule has 2 aromatic rings. The first-order chi connectivity index (χ1) is 11.8. The molecule has 0 saturated carbocycles. The van der Waals surface area contributed by atoms with Crippen molar-refractivity contribution in [3.8, 4) is 0 Å². The molecule has 0 unspecified atom stereocenters. The summed E-state index contributed by atoms with van der Waals surface area (Å²) in [6.07, 6.45) is 0. The molecule has 0 radical (unpaired) electrons. The Hall–Kier alpha value is -1.87. The number of nitrogens with one attached hydrogen (secondary N) is 1. The van der Waals surface area contributed by atoms with E-state index in [1.54, 1.807) is 11.6 Å². The molecule has 25 heavy (non-hydrogen) atoms. The molecule has 0 spiro atoms. The van der Waals surface area contributed by atoms with Gasteiger partial charge in [0, 0.05) is 25.5 Å². The summed E-state index contributed by atoms with van der Waals surface area (Å²) in [5.41, 5.74) is 0.903. The molecule has 0 aromatic carbocycles. The number of carbonyl (C=O) groups is 2. The van der Waals surface area contributed by atoms with Crippen LogP contribution in [0.2, 0.25) is 0 Å². The van der Waals surface area contributed by atoms with E-state index in [0.29, 0.717) is 21.9 Å². The van der Waals surface area contributed by atoms with Crippen LogP contribution in [0.3, 0.4) is 0 Å². The molecule has 2 rings (SSSR count). The van der Waals surface area contributed by atoms with Gasteiger partial charge in [-0.25, -0.2) is 4.98 Å². The second kappa shape index (κ2) is 8.01. The van der Waals surface area contributed by atoms with E-state index in [1.165, 1.54) is 35.0 Å². The molecule has 0 atom stereocenters. The van der Waals surface area contributed by atoms with Crippen LogP contribution in [-0.2, 0) is 16.1 Å². The Morgan fingerprint density at radius 1 is 1.36 bits per heavy atom. The third-order valence-corrected chi connectivity index (χ3v) is 6.04. The molecular weight excluding hydrogens is 360 g/mol. The molecule has 0 aliphatic heterocycles. The molecule has 2 aromatic heterocycles. The molecule has 0 fully saturated rings. The van der Waals surface area contributed by atoms with Crippen molar-refractivity contribution in [1.29, 1.82) is 0 Å². The smallest absolute Gasteiger partial charge is 0.263 e. The van der Waals surface area contributed by atoms with Gasteiger partial charge >= 0.3 is 0 Å². The number of hydrogen-bond donors (Lipinski definition) is 1. The lowest BCUT2D eigenvalue weighted by atomic mass is 10.2. The van der Waals surface area contributed by atoms with Crippen LogP contribution in [0.15, 0.2) is 9.95 Å². The Kier molecular flexibility index (Phi) is 6.23. The fourth-order valence-electron chi connectivity index (χ4n) is 2.32. The number of rotatable bonds is 6. The molecule has 136 valence electrons. The van der Waals surface area contributed by atoms with Gasteiger partial charge in [0.05, 0.1) is 17.7 Å². The van der Waals surface area contributed by atoms with Gasteiger partial charge in [0.15, 0.2) is 5.16 Å². The summed E-state index contributed by atoms with van der Waals surface area (Å²) in [7, 11) is 3.10. The van der Waals surface area contributed by atoms with E-state index in [4.69, 9.17) is 0 Å². The van der Waals surface area contributed by atoms with Gasteiger partial charge in [0.25, 0.3) is 5.56 Å². The number of carbonyl (C=O) groups excluding carboxylic acids is 2. The number of thioether (sulfide) groups is 1. The Bertz CT molecular complexity index is 872. The first kappa shape index (κ1) is 19.5. The molecule has 2 heterocycles. The number of likely N-dealkylation sites (N-methyl/N-ethyl adjacent to an activating group) is 2. The van der Waals surface area contributed by atoms with Gasteiger partial charge in [-0.2, -0.15) is 0 Å². The van der Waals surface area contributed by atoms with Gasteiger partial charge < -0.3 is 10.2 Å². The average Bonchev–Trinajstić information content (AvgIpc) is 2.86. The summed E-state index contributed by atoms with van der Waals surface area (Å²) in [6.45, 7) is 6.28. The SMILES string of the molecule is CCn1c(SCC(=O)N(C)CC(=O)NC)nc2sc(C)c(C)c2c1=O. The number of fused-ring (bicyclic) bond motifs is 1. The van der Waals surface area contributed by atoms with Crippen LogP contribution in [0.4, 0.5) is 0 Å². The number of aromatic nitrogens is 2. The van der Waals surface area contributed by atoms with Crippen LogP contribution in [0.25, 0.3) is 10.2 Å². The molecule has 0 saturated heterocycles. The molecule has 0 bridgehead atoms. The number of amides is 2. The maximum Gasteiger partial charge on any atom is 0.263 e. The highest BCUT2D eigenvalue weighted by molar-refractivity contribution is 7.99. The number of nitrogens with zero attached hydrogens (tertiary/aromatic N) is 3. The highest BCUT2D eigenvalue weighted by Gasteiger charge is 2.18. The minimum Gasteiger partial charge on any atom is -0.358 e. The third kappa shape index (κ3) is 4.04. The van der Waals surface area contributed by atoms with E-state index in [9.17, 15) is 14.4 Å². The van der Waals surface area contributed by atoms with E-state index in [2.05, 4.69) is 10.3 Å². The standard InChI is InChI=1S/C16H22N4O3S2/c1-6-20-15(23)13-9(2)10(3)25-14(13)18-16(20)24-8-12(22)19(5)7-11(21)17-4/h6-8H2,1-5H3,(H,17,21). The summed E-state index contributed by atoms with van der Waals surface area (Å²) in [5, 5.41) is 3.68. The minimum atomic E-state index is -0.226. The van der Waals surface area contributed by atoms with Crippen molar-refractivity contribution in [2.24, 2.45) is 0 Å². The van der Waals surface area contributed by atoms with Crippen LogP contribution < -0.4 is 10.9 Å². The highest BCUT2D eigenvalue weighted by Crippen LogP contribution is 2.28. The van der Waals surface area contributed by atoms with E-state index >= 15 is 0 Å². The average molecular weight is 383 g/mol. The zero-order chi connectivity index (χ0) is 18.7. The van der Waals surface area contributed by atoms with Crippen LogP contribution in [0.1, 0.15) is 17.4 Å². The van der Waals surface area contributed by atoms with Gasteiger partial charge in [0.2, 0.25) is 11.8 Å². The zero-order valence-electron chi connectivity index (χ0n) is 15.0. The zero-order valence-corrected chi connectivity index (χ0v) is 16.6. The van der Waals surface area contributed by atoms with Crippen LogP contribution in [-0.4, -0.2) is 52.7 Å². The first-order valence-corrected chi connectivity index (χ1v) is 9.68. The lowest BCUT2D eigenvalue weighted by Gasteiger charge is -2.16. The molecule has 0 aliphatic rings. The largest absolute Gasteiger partial charge is 0.358 e. The maximum atomic E-state index is 12.7. The van der Waals surface area contributed by atoms with Gasteiger partial charge in [-0.15, -0.1) is 11.3 Å². The number of thiophene rings is 1. The van der Waals surface area contributed by atoms with Crippen molar-refractivity contribution >= 4 is 45.1 Å². The number of hydrogen-bond acceptors (Lipinski definition) is 6. The summed E-state index contributed by atoms with van der Waals surface area (Å²) in [6, 6.07) is 0. The van der Waals surface area contributed by atoms with Gasteiger partial charge in [-0.1, -0.05) is 11.8 Å². The molecular formula is C16H22N4O3S2. The van der Waals surface area contributed by atoms with Crippen molar-refractivity contribution in [1.82, 2.24) is 19.8 Å². The van der Waals surface area contributed by atoms with Crippen LogP contribution >= 0.6 is 23.1 Å². The van der Waals surface area contributed by atoms with Crippen molar-refractivity contribution in [2.75, 3.05) is 26.4 Å². The normalized spacial score (nSPS) is 10.9. The molecule has 9 heteroatoms. The fourth-order valence-corrected chi connectivity index (χ4v) is 4.39. The van der Waals surface area contributed by atoms with Gasteiger partial charge in [-0.3, -0.25) is 19.0 Å². The second-order valence-corrected chi connectivity index (χ2v) is 7.76. The monoisotopic (exact) mass is 382 g/mol. The summed E-state index contributed by atoms with van der Waals surface area (Å²) in [4.78, 5) is 44.0. The lowest BCUT2D eigenvalue weighted by Crippen LogP contribution is -2.37. The van der Waals surface area contributed by atoms with Crippen molar-refractivity contribution < 1.29 is 9.59 Å². The quantitative estimate of drug-likeness (QED) is 0.603. The minimum absolute atomic E-state index is 0.00620. The van der Waals surface area contributed by atoms with E-state index in [1.807, 2.05) is 20.8 Å². The Morgan fingerprint density at radius 2 is 2.04 bits per heavy atom. The van der Waals surface area contributed by atoms with Crippen molar-refractivity contribution in [3.63, 3.8) is 0 Å². The molecule has 0 aliphatic carbocycles. The van der Waals surface area contributed by atoms with Gasteiger partial charge in [-0.05, 0) is 26.3 Å². The predicted octanol–water partition coefficient (Wildman–Crippen LogP) is 1.39. The Labute approximate surface area is 154 Å². The summed E-state index contributed by atoms with van der Waals surface area (Å²) in [5.74, 6) is -0.297. The van der Waals surface area contributed by atoms with Crippen LogP contribution in [0, 0.1) is 13.8 Å². The second-order valence-electron chi connectivity index (χ2n) is 5.62. The fraction of sp³-hybridized carbons (Fsp3) is 0.500. The molecule has 7 nitrogen and oxygen atoms in total. The van der Waals surface area contributed by atoms with Gasteiger partial charge in [0.1, 0.15) is 4.83 Å². The highest BCUT2D eigenvalue weighted by atomic mass is 32.2. The number of aryl methyl sites for hydroxylation is 2. The van der Waals surface area contributed by atoms with E-state index in [-0.39, 0.29) is 29.7 Å². The molecule has 1 N–H and O–H groups in total. The van der Waals surface area contributed by atoms with Crippen molar-refractivity contribution in [3.05, 3.63) is 20.8 Å². The first-order valence-electron chi connectivity index (χ1n) is 7.88.